The summed E-state index contributed by atoms with van der Waals surface area (Å²) < 4.78 is 6.76. The molecule has 6 nitrogen and oxygen atoms in total. The first-order valence-corrected chi connectivity index (χ1v) is 5.39. The van der Waals surface area contributed by atoms with Crippen LogP contribution >= 0.6 is 0 Å². The number of aryl methyl sites for hydroxylation is 1. The van der Waals surface area contributed by atoms with E-state index >= 15 is 0 Å². The number of hydrogen-bond acceptors (Lipinski definition) is 4. The largest absolute Gasteiger partial charge is 0.478 e. The van der Waals surface area contributed by atoms with Crippen molar-refractivity contribution in [2.24, 2.45) is 0 Å². The Bertz CT molecular complexity index is 516. The van der Waals surface area contributed by atoms with E-state index in [1.54, 1.807) is 10.8 Å². The van der Waals surface area contributed by atoms with Crippen molar-refractivity contribution in [1.29, 1.82) is 0 Å². The second-order valence-corrected chi connectivity index (χ2v) is 3.73. The van der Waals surface area contributed by atoms with Gasteiger partial charge in [-0.1, -0.05) is 12.1 Å². The van der Waals surface area contributed by atoms with Crippen LogP contribution in [0, 0.1) is 0 Å². The molecular weight excluding hydrogens is 222 g/mol. The van der Waals surface area contributed by atoms with Crippen LogP contribution in [-0.2, 0) is 13.0 Å². The molecule has 0 spiro atoms. The maximum Gasteiger partial charge on any atom is 0.337 e. The molecule has 0 radical (unpaired) electrons. The summed E-state index contributed by atoms with van der Waals surface area (Å²) in [5.41, 5.74) is 0.248. The Hall–Kier alpha value is -2.11. The highest BCUT2D eigenvalue weighted by Gasteiger charge is 2.08. The molecule has 0 aliphatic carbocycles. The lowest BCUT2D eigenvalue weighted by Crippen LogP contribution is -1.98. The van der Waals surface area contributed by atoms with E-state index < -0.39 is 5.97 Å². The SMILES string of the molecule is CCCc1noc(Cn2ccc(C(=O)O)c2)n1. The van der Waals surface area contributed by atoms with Crippen molar-refractivity contribution in [1.82, 2.24) is 14.7 Å². The number of carbonyl (C=O) groups is 1. The summed E-state index contributed by atoms with van der Waals surface area (Å²) in [6.45, 7) is 2.44. The molecule has 2 aromatic heterocycles. The van der Waals surface area contributed by atoms with Crippen LogP contribution in [0.1, 0.15) is 35.4 Å². The fraction of sp³-hybridized carbons (Fsp3) is 0.364. The van der Waals surface area contributed by atoms with Crippen molar-refractivity contribution in [3.05, 3.63) is 35.7 Å². The highest BCUT2D eigenvalue weighted by atomic mass is 16.5. The molecule has 0 aliphatic rings. The van der Waals surface area contributed by atoms with E-state index in [4.69, 9.17) is 9.63 Å². The van der Waals surface area contributed by atoms with Crippen molar-refractivity contribution in [3.63, 3.8) is 0 Å². The van der Waals surface area contributed by atoms with E-state index in [-0.39, 0.29) is 5.56 Å². The van der Waals surface area contributed by atoms with Crippen LogP contribution in [0.5, 0.6) is 0 Å². The summed E-state index contributed by atoms with van der Waals surface area (Å²) in [5, 5.41) is 12.6. The maximum absolute atomic E-state index is 10.7. The summed E-state index contributed by atoms with van der Waals surface area (Å²) >= 11 is 0. The van der Waals surface area contributed by atoms with Crippen LogP contribution in [0.4, 0.5) is 0 Å². The molecule has 2 aromatic rings. The van der Waals surface area contributed by atoms with Crippen molar-refractivity contribution in [3.8, 4) is 0 Å². The predicted molar refractivity (Wildman–Crippen MR) is 58.8 cm³/mol. The maximum atomic E-state index is 10.7. The van der Waals surface area contributed by atoms with E-state index in [2.05, 4.69) is 10.1 Å². The smallest absolute Gasteiger partial charge is 0.337 e. The monoisotopic (exact) mass is 235 g/mol. The Kier molecular flexibility index (Phi) is 3.22. The van der Waals surface area contributed by atoms with Crippen molar-refractivity contribution in [2.45, 2.75) is 26.3 Å². The summed E-state index contributed by atoms with van der Waals surface area (Å²) in [5.74, 6) is 0.232. The van der Waals surface area contributed by atoms with Crippen LogP contribution in [0.2, 0.25) is 0 Å². The van der Waals surface area contributed by atoms with Gasteiger partial charge in [-0.05, 0) is 12.5 Å². The van der Waals surface area contributed by atoms with Gasteiger partial charge in [0.05, 0.1) is 5.56 Å². The van der Waals surface area contributed by atoms with Gasteiger partial charge in [0, 0.05) is 18.8 Å². The predicted octanol–water partition coefficient (Wildman–Crippen LogP) is 1.57. The van der Waals surface area contributed by atoms with Gasteiger partial charge in [-0.25, -0.2) is 4.79 Å². The van der Waals surface area contributed by atoms with Gasteiger partial charge in [0.15, 0.2) is 5.82 Å². The number of carboxylic acid groups (broad SMARTS) is 1. The Morgan fingerprint density at radius 3 is 3.06 bits per heavy atom. The quantitative estimate of drug-likeness (QED) is 0.850. The average Bonchev–Trinajstić information content (AvgIpc) is 2.89. The van der Waals surface area contributed by atoms with Crippen LogP contribution in [0.25, 0.3) is 0 Å². The third kappa shape index (κ3) is 2.72. The molecule has 0 saturated heterocycles. The molecule has 0 amide bonds. The standard InChI is InChI=1S/C11H13N3O3/c1-2-3-9-12-10(17-13-9)7-14-5-4-8(6-14)11(15)16/h4-6H,2-3,7H2,1H3,(H,15,16). The normalized spacial score (nSPS) is 10.6. The van der Waals surface area contributed by atoms with Gasteiger partial charge < -0.3 is 14.2 Å². The van der Waals surface area contributed by atoms with E-state index in [1.165, 1.54) is 12.3 Å². The fourth-order valence-corrected chi connectivity index (χ4v) is 1.50. The summed E-state index contributed by atoms with van der Waals surface area (Å²) in [4.78, 5) is 14.9. The third-order valence-electron chi connectivity index (χ3n) is 2.30. The zero-order chi connectivity index (χ0) is 12.3. The number of aromatic nitrogens is 3. The molecule has 90 valence electrons. The molecule has 2 heterocycles. The molecular formula is C11H13N3O3. The zero-order valence-electron chi connectivity index (χ0n) is 9.46. The second kappa shape index (κ2) is 4.82. The Labute approximate surface area is 97.9 Å². The number of carboxylic acids is 1. The first-order valence-electron chi connectivity index (χ1n) is 5.39. The van der Waals surface area contributed by atoms with Gasteiger partial charge in [-0.2, -0.15) is 4.98 Å². The molecule has 2 rings (SSSR count). The molecule has 17 heavy (non-hydrogen) atoms. The Morgan fingerprint density at radius 1 is 1.59 bits per heavy atom. The molecule has 0 atom stereocenters. The van der Waals surface area contributed by atoms with Crippen LogP contribution in [0.3, 0.4) is 0 Å². The number of nitrogens with zero attached hydrogens (tertiary/aromatic N) is 3. The molecule has 0 saturated carbocycles. The second-order valence-electron chi connectivity index (χ2n) is 3.73. The number of hydrogen-bond donors (Lipinski definition) is 1. The molecule has 1 N–H and O–H groups in total. The highest BCUT2D eigenvalue weighted by Crippen LogP contribution is 2.06. The van der Waals surface area contributed by atoms with E-state index in [0.29, 0.717) is 18.3 Å². The number of rotatable bonds is 5. The lowest BCUT2D eigenvalue weighted by atomic mass is 10.3. The number of aromatic carboxylic acids is 1. The molecule has 6 heteroatoms. The summed E-state index contributed by atoms with van der Waals surface area (Å²) in [6, 6.07) is 1.53. The lowest BCUT2D eigenvalue weighted by Gasteiger charge is -1.95. The van der Waals surface area contributed by atoms with Crippen LogP contribution < -0.4 is 0 Å². The minimum atomic E-state index is -0.944. The Morgan fingerprint density at radius 2 is 2.41 bits per heavy atom. The van der Waals surface area contributed by atoms with Crippen LogP contribution in [-0.4, -0.2) is 25.8 Å². The Balaban J connectivity index is 2.05. The summed E-state index contributed by atoms with van der Waals surface area (Å²) in [7, 11) is 0. The summed E-state index contributed by atoms with van der Waals surface area (Å²) in [6.07, 6.45) is 4.96. The van der Waals surface area contributed by atoms with Gasteiger partial charge in [0.2, 0.25) is 5.89 Å². The van der Waals surface area contributed by atoms with E-state index in [9.17, 15) is 4.79 Å². The van der Waals surface area contributed by atoms with E-state index in [0.717, 1.165) is 12.8 Å². The first kappa shape index (κ1) is 11.4. The van der Waals surface area contributed by atoms with Gasteiger partial charge >= 0.3 is 5.97 Å². The molecule has 0 fully saturated rings. The molecule has 0 unspecified atom stereocenters. The van der Waals surface area contributed by atoms with Gasteiger partial charge in [0.1, 0.15) is 6.54 Å². The zero-order valence-corrected chi connectivity index (χ0v) is 9.46. The fourth-order valence-electron chi connectivity index (χ4n) is 1.50. The van der Waals surface area contributed by atoms with Crippen molar-refractivity contribution < 1.29 is 14.4 Å². The van der Waals surface area contributed by atoms with Gasteiger partial charge in [-0.3, -0.25) is 0 Å². The van der Waals surface area contributed by atoms with Crippen molar-refractivity contribution in [2.75, 3.05) is 0 Å². The average molecular weight is 235 g/mol. The third-order valence-corrected chi connectivity index (χ3v) is 2.30. The molecule has 0 aromatic carbocycles. The van der Waals surface area contributed by atoms with Gasteiger partial charge in [0.25, 0.3) is 0 Å². The van der Waals surface area contributed by atoms with Crippen LogP contribution in [0.15, 0.2) is 23.0 Å². The molecule has 0 bridgehead atoms. The minimum Gasteiger partial charge on any atom is -0.478 e. The minimum absolute atomic E-state index is 0.248. The van der Waals surface area contributed by atoms with Gasteiger partial charge in [-0.15, -0.1) is 0 Å². The van der Waals surface area contributed by atoms with E-state index in [1.807, 2.05) is 6.92 Å². The van der Waals surface area contributed by atoms with Crippen molar-refractivity contribution >= 4 is 5.97 Å². The lowest BCUT2D eigenvalue weighted by molar-refractivity contribution is 0.0697. The topological polar surface area (TPSA) is 81.2 Å². The molecule has 0 aliphatic heterocycles. The highest BCUT2D eigenvalue weighted by molar-refractivity contribution is 5.87. The first-order chi connectivity index (χ1) is 8.19.